The number of aliphatic carboxylic acids is 1. The van der Waals surface area contributed by atoms with Crippen LogP contribution in [0.1, 0.15) is 5.56 Å². The Morgan fingerprint density at radius 1 is 1.32 bits per heavy atom. The Kier molecular flexibility index (Phi) is 3.53. The van der Waals surface area contributed by atoms with Gasteiger partial charge in [0, 0.05) is 13.1 Å². The van der Waals surface area contributed by atoms with Crippen molar-refractivity contribution >= 4 is 5.97 Å². The van der Waals surface area contributed by atoms with Crippen LogP contribution in [0.4, 0.5) is 8.78 Å². The molecule has 0 fully saturated rings. The third-order valence-electron chi connectivity index (χ3n) is 2.94. The quantitative estimate of drug-likeness (QED) is 0.881. The fraction of sp³-hybridized carbons (Fsp3) is 0.308. The summed E-state index contributed by atoms with van der Waals surface area (Å²) >= 11 is 0. The summed E-state index contributed by atoms with van der Waals surface area (Å²) in [6.45, 7) is -0.684. The van der Waals surface area contributed by atoms with E-state index in [-0.39, 0.29) is 13.1 Å². The number of rotatable bonds is 3. The maximum absolute atomic E-state index is 13.5. The SMILES string of the molecule is O=C(O)C1=C(O)C(F)(F)CN(Cc2ccccc2)C1. The van der Waals surface area contributed by atoms with Crippen molar-refractivity contribution in [2.24, 2.45) is 0 Å². The van der Waals surface area contributed by atoms with Crippen molar-refractivity contribution in [2.75, 3.05) is 13.1 Å². The number of aliphatic hydroxyl groups is 1. The maximum atomic E-state index is 13.5. The predicted molar refractivity (Wildman–Crippen MR) is 64.0 cm³/mol. The number of carboxylic acid groups (broad SMARTS) is 1. The molecule has 1 aromatic carbocycles. The van der Waals surface area contributed by atoms with Gasteiger partial charge in [-0.2, -0.15) is 8.78 Å². The number of halogens is 2. The van der Waals surface area contributed by atoms with Gasteiger partial charge in [0.25, 0.3) is 0 Å². The molecule has 1 aliphatic rings. The normalized spacial score (nSPS) is 19.5. The van der Waals surface area contributed by atoms with E-state index in [1.54, 1.807) is 24.3 Å². The van der Waals surface area contributed by atoms with Crippen molar-refractivity contribution < 1.29 is 23.8 Å². The summed E-state index contributed by atoms with van der Waals surface area (Å²) in [6, 6.07) is 8.92. The highest BCUT2D eigenvalue weighted by Crippen LogP contribution is 2.31. The molecule has 0 saturated heterocycles. The molecule has 2 rings (SSSR count). The number of carbonyl (C=O) groups is 1. The fourth-order valence-electron chi connectivity index (χ4n) is 2.05. The topological polar surface area (TPSA) is 60.8 Å². The lowest BCUT2D eigenvalue weighted by Crippen LogP contribution is -2.45. The lowest BCUT2D eigenvalue weighted by Gasteiger charge is -2.32. The van der Waals surface area contributed by atoms with Crippen LogP contribution in [-0.4, -0.2) is 40.1 Å². The molecule has 102 valence electrons. The van der Waals surface area contributed by atoms with Gasteiger partial charge in [0.15, 0.2) is 5.76 Å². The Balaban J connectivity index is 2.21. The lowest BCUT2D eigenvalue weighted by atomic mass is 10.0. The number of nitrogens with zero attached hydrogens (tertiary/aromatic N) is 1. The monoisotopic (exact) mass is 269 g/mol. The van der Waals surface area contributed by atoms with Crippen molar-refractivity contribution in [1.82, 2.24) is 4.90 Å². The van der Waals surface area contributed by atoms with E-state index < -0.39 is 29.8 Å². The minimum Gasteiger partial charge on any atom is -0.506 e. The number of hydrogen-bond donors (Lipinski definition) is 2. The van der Waals surface area contributed by atoms with Crippen molar-refractivity contribution in [3.63, 3.8) is 0 Å². The van der Waals surface area contributed by atoms with Crippen LogP contribution in [0.15, 0.2) is 41.7 Å². The van der Waals surface area contributed by atoms with E-state index in [2.05, 4.69) is 0 Å². The summed E-state index contributed by atoms with van der Waals surface area (Å²) in [5.74, 6) is -6.37. The van der Waals surface area contributed by atoms with Crippen LogP contribution in [0.25, 0.3) is 0 Å². The summed E-state index contributed by atoms with van der Waals surface area (Å²) in [4.78, 5) is 12.2. The van der Waals surface area contributed by atoms with Gasteiger partial charge in [-0.15, -0.1) is 0 Å². The number of hydrogen-bond acceptors (Lipinski definition) is 3. The summed E-state index contributed by atoms with van der Waals surface area (Å²) in [5.41, 5.74) is 0.164. The van der Waals surface area contributed by atoms with Crippen molar-refractivity contribution in [3.8, 4) is 0 Å². The average Bonchev–Trinajstić information content (AvgIpc) is 2.34. The summed E-state index contributed by atoms with van der Waals surface area (Å²) in [5, 5.41) is 18.1. The molecule has 1 aromatic rings. The van der Waals surface area contributed by atoms with Crippen LogP contribution < -0.4 is 0 Å². The molecule has 0 unspecified atom stereocenters. The van der Waals surface area contributed by atoms with Crippen LogP contribution in [0, 0.1) is 0 Å². The molecular formula is C13H13F2NO3. The molecule has 0 atom stereocenters. The number of aliphatic hydroxyl groups excluding tert-OH is 1. The van der Waals surface area contributed by atoms with Gasteiger partial charge in [0.05, 0.1) is 12.1 Å². The second-order valence-electron chi connectivity index (χ2n) is 4.47. The molecule has 0 amide bonds. The van der Waals surface area contributed by atoms with Crippen LogP contribution in [-0.2, 0) is 11.3 Å². The highest BCUT2D eigenvalue weighted by molar-refractivity contribution is 5.88. The largest absolute Gasteiger partial charge is 0.506 e. The first-order valence-corrected chi connectivity index (χ1v) is 5.70. The molecule has 0 bridgehead atoms. The highest BCUT2D eigenvalue weighted by Gasteiger charge is 2.44. The first kappa shape index (κ1) is 13.5. The van der Waals surface area contributed by atoms with Gasteiger partial charge in [0.1, 0.15) is 0 Å². The van der Waals surface area contributed by atoms with Crippen LogP contribution in [0.3, 0.4) is 0 Å². The molecule has 0 radical (unpaired) electrons. The Morgan fingerprint density at radius 3 is 2.53 bits per heavy atom. The second kappa shape index (κ2) is 4.97. The molecule has 1 aliphatic heterocycles. The zero-order valence-corrected chi connectivity index (χ0v) is 10.0. The molecule has 0 saturated carbocycles. The molecule has 0 spiro atoms. The minimum atomic E-state index is -3.53. The first-order chi connectivity index (χ1) is 8.90. The van der Waals surface area contributed by atoms with Crippen LogP contribution >= 0.6 is 0 Å². The zero-order chi connectivity index (χ0) is 14.0. The Morgan fingerprint density at radius 2 is 1.95 bits per heavy atom. The van der Waals surface area contributed by atoms with Crippen molar-refractivity contribution in [2.45, 2.75) is 12.5 Å². The van der Waals surface area contributed by atoms with E-state index in [0.717, 1.165) is 5.56 Å². The van der Waals surface area contributed by atoms with Gasteiger partial charge >= 0.3 is 11.9 Å². The molecular weight excluding hydrogens is 256 g/mol. The average molecular weight is 269 g/mol. The second-order valence-corrected chi connectivity index (χ2v) is 4.47. The van der Waals surface area contributed by atoms with E-state index in [0.29, 0.717) is 0 Å². The van der Waals surface area contributed by atoms with E-state index in [1.165, 1.54) is 4.90 Å². The molecule has 1 heterocycles. The van der Waals surface area contributed by atoms with Gasteiger partial charge in [-0.05, 0) is 5.56 Å². The van der Waals surface area contributed by atoms with Gasteiger partial charge < -0.3 is 10.2 Å². The number of carboxylic acids is 1. The zero-order valence-electron chi connectivity index (χ0n) is 10.0. The molecule has 2 N–H and O–H groups in total. The predicted octanol–water partition coefficient (Wildman–Crippen LogP) is 2.03. The third-order valence-corrected chi connectivity index (χ3v) is 2.94. The van der Waals surface area contributed by atoms with Gasteiger partial charge in [-0.25, -0.2) is 4.79 Å². The smallest absolute Gasteiger partial charge is 0.336 e. The summed E-state index contributed by atoms with van der Waals surface area (Å²) in [7, 11) is 0. The molecule has 0 aromatic heterocycles. The Labute approximate surface area is 108 Å². The maximum Gasteiger partial charge on any atom is 0.336 e. The van der Waals surface area contributed by atoms with Gasteiger partial charge in [0.2, 0.25) is 0 Å². The van der Waals surface area contributed by atoms with E-state index in [1.807, 2.05) is 6.07 Å². The van der Waals surface area contributed by atoms with Crippen LogP contribution in [0.5, 0.6) is 0 Å². The molecule has 6 heteroatoms. The molecule has 4 nitrogen and oxygen atoms in total. The van der Waals surface area contributed by atoms with Crippen molar-refractivity contribution in [3.05, 3.63) is 47.2 Å². The van der Waals surface area contributed by atoms with E-state index in [4.69, 9.17) is 5.11 Å². The highest BCUT2D eigenvalue weighted by atomic mass is 19.3. The van der Waals surface area contributed by atoms with Gasteiger partial charge in [-0.1, -0.05) is 30.3 Å². The summed E-state index contributed by atoms with van der Waals surface area (Å²) < 4.78 is 27.1. The standard InChI is InChI=1S/C13H13F2NO3/c14-13(15)8-16(6-9-4-2-1-3-5-9)7-10(11(13)17)12(18)19/h1-5,17H,6-8H2,(H,18,19). The van der Waals surface area contributed by atoms with E-state index in [9.17, 15) is 18.7 Å². The Bertz CT molecular complexity index is 514. The fourth-order valence-corrected chi connectivity index (χ4v) is 2.05. The minimum absolute atomic E-state index is 0.203. The van der Waals surface area contributed by atoms with E-state index >= 15 is 0 Å². The third kappa shape index (κ3) is 2.90. The molecule has 0 aliphatic carbocycles. The lowest BCUT2D eigenvalue weighted by molar-refractivity contribution is -0.135. The first-order valence-electron chi connectivity index (χ1n) is 5.70. The van der Waals surface area contributed by atoms with Crippen LogP contribution in [0.2, 0.25) is 0 Å². The molecule has 19 heavy (non-hydrogen) atoms. The Hall–Kier alpha value is -1.95. The van der Waals surface area contributed by atoms with Gasteiger partial charge in [-0.3, -0.25) is 4.90 Å². The van der Waals surface area contributed by atoms with Crippen molar-refractivity contribution in [1.29, 1.82) is 0 Å². The number of benzene rings is 1. The summed E-state index contributed by atoms with van der Waals surface area (Å²) in [6.07, 6.45) is 0. The number of alkyl halides is 2.